The molecular formula is C26H17F3N4O2. The number of benzene rings is 2. The molecule has 0 saturated heterocycles. The van der Waals surface area contributed by atoms with Gasteiger partial charge in [-0.3, -0.25) is 14.6 Å². The number of aromatic nitrogens is 3. The van der Waals surface area contributed by atoms with Crippen LogP contribution in [0.2, 0.25) is 0 Å². The number of nitrogens with one attached hydrogen (secondary N) is 2. The highest BCUT2D eigenvalue weighted by atomic mass is 19.4. The van der Waals surface area contributed by atoms with Gasteiger partial charge in [0, 0.05) is 46.2 Å². The SMILES string of the molecule is O=C(Cc1ccc(Nc2ccnc3[nH]c(=O)c4ccccc4c23)cc1)c1cccnc1C(F)(F)F. The summed E-state index contributed by atoms with van der Waals surface area (Å²) in [4.78, 5) is 35.3. The van der Waals surface area contributed by atoms with Gasteiger partial charge in [-0.2, -0.15) is 13.2 Å². The minimum absolute atomic E-state index is 0.195. The number of hydrogen-bond donors (Lipinski definition) is 2. The molecule has 0 radical (unpaired) electrons. The third-order valence-electron chi connectivity index (χ3n) is 5.60. The van der Waals surface area contributed by atoms with Crippen molar-refractivity contribution in [3.05, 3.63) is 106 Å². The van der Waals surface area contributed by atoms with E-state index >= 15 is 0 Å². The first-order valence-corrected chi connectivity index (χ1v) is 10.6. The molecule has 2 aromatic carbocycles. The van der Waals surface area contributed by atoms with E-state index in [0.717, 1.165) is 28.7 Å². The van der Waals surface area contributed by atoms with Crippen molar-refractivity contribution >= 4 is 39.0 Å². The van der Waals surface area contributed by atoms with Crippen LogP contribution in [0.3, 0.4) is 0 Å². The topological polar surface area (TPSA) is 87.7 Å². The van der Waals surface area contributed by atoms with Gasteiger partial charge in [0.05, 0.1) is 5.69 Å². The Morgan fingerprint density at radius 3 is 2.37 bits per heavy atom. The van der Waals surface area contributed by atoms with Crippen LogP contribution in [-0.4, -0.2) is 20.7 Å². The zero-order chi connectivity index (χ0) is 24.6. The Morgan fingerprint density at radius 2 is 1.63 bits per heavy atom. The highest BCUT2D eigenvalue weighted by Gasteiger charge is 2.36. The molecule has 0 aliphatic heterocycles. The monoisotopic (exact) mass is 474 g/mol. The maximum absolute atomic E-state index is 13.2. The number of pyridine rings is 3. The van der Waals surface area contributed by atoms with E-state index < -0.39 is 23.2 Å². The lowest BCUT2D eigenvalue weighted by Crippen LogP contribution is -2.16. The van der Waals surface area contributed by atoms with Crippen LogP contribution in [0, 0.1) is 0 Å². The standard InChI is InChI=1S/C26H17F3N4O2/c27-26(28,29)23-19(6-3-12-30-23)21(34)14-15-7-9-16(10-8-15)32-20-11-13-31-24-22(20)17-4-1-2-5-18(17)25(35)33-24/h1-13H,14H2,(H2,31,32,33,35). The summed E-state index contributed by atoms with van der Waals surface area (Å²) in [5.41, 5.74) is 0.557. The number of alkyl halides is 3. The predicted molar refractivity (Wildman–Crippen MR) is 127 cm³/mol. The minimum Gasteiger partial charge on any atom is -0.355 e. The molecule has 0 bridgehead atoms. The molecule has 0 aliphatic carbocycles. The molecule has 6 nitrogen and oxygen atoms in total. The van der Waals surface area contributed by atoms with Gasteiger partial charge < -0.3 is 10.3 Å². The quantitative estimate of drug-likeness (QED) is 0.254. The molecule has 0 atom stereocenters. The van der Waals surface area contributed by atoms with Crippen molar-refractivity contribution in [3.8, 4) is 0 Å². The highest BCUT2D eigenvalue weighted by molar-refractivity contribution is 6.10. The molecule has 0 saturated carbocycles. The van der Waals surface area contributed by atoms with Gasteiger partial charge in [-0.25, -0.2) is 4.98 Å². The molecule has 0 fully saturated rings. The predicted octanol–water partition coefficient (Wildman–Crippen LogP) is 5.66. The smallest absolute Gasteiger partial charge is 0.355 e. The number of Topliss-reactive ketones (excluding diaryl/α,β-unsaturated/α-hetero) is 1. The fraction of sp³-hybridized carbons (Fsp3) is 0.0769. The van der Waals surface area contributed by atoms with Crippen LogP contribution in [-0.2, 0) is 12.6 Å². The molecule has 0 aliphatic rings. The molecule has 0 unspecified atom stereocenters. The Balaban J connectivity index is 1.42. The van der Waals surface area contributed by atoms with E-state index in [-0.39, 0.29) is 12.0 Å². The van der Waals surface area contributed by atoms with E-state index in [2.05, 4.69) is 20.3 Å². The van der Waals surface area contributed by atoms with E-state index in [1.54, 1.807) is 48.7 Å². The van der Waals surface area contributed by atoms with Crippen molar-refractivity contribution in [2.24, 2.45) is 0 Å². The van der Waals surface area contributed by atoms with Crippen molar-refractivity contribution < 1.29 is 18.0 Å². The van der Waals surface area contributed by atoms with Crippen LogP contribution in [0.4, 0.5) is 24.5 Å². The average molecular weight is 474 g/mol. The Kier molecular flexibility index (Phi) is 5.52. The summed E-state index contributed by atoms with van der Waals surface area (Å²) in [5, 5.41) is 5.33. The van der Waals surface area contributed by atoms with Crippen molar-refractivity contribution in [1.29, 1.82) is 0 Å². The first-order chi connectivity index (χ1) is 16.8. The van der Waals surface area contributed by atoms with Crippen molar-refractivity contribution in [2.45, 2.75) is 12.6 Å². The van der Waals surface area contributed by atoms with Gasteiger partial charge in [0.15, 0.2) is 11.5 Å². The lowest BCUT2D eigenvalue weighted by Gasteiger charge is -2.12. The summed E-state index contributed by atoms with van der Waals surface area (Å²) in [5.74, 6) is -0.665. The normalized spacial score (nSPS) is 11.6. The second-order valence-corrected chi connectivity index (χ2v) is 7.90. The zero-order valence-electron chi connectivity index (χ0n) is 18.1. The first-order valence-electron chi connectivity index (χ1n) is 10.6. The van der Waals surface area contributed by atoms with Crippen LogP contribution in [0.1, 0.15) is 21.6 Å². The maximum Gasteiger partial charge on any atom is 0.434 e. The number of carbonyl (C=O) groups excluding carboxylic acids is 1. The van der Waals surface area contributed by atoms with E-state index in [0.29, 0.717) is 22.3 Å². The second kappa shape index (κ2) is 8.68. The van der Waals surface area contributed by atoms with E-state index in [1.807, 2.05) is 12.1 Å². The van der Waals surface area contributed by atoms with Crippen LogP contribution in [0.15, 0.2) is 83.9 Å². The molecule has 5 rings (SSSR count). The van der Waals surface area contributed by atoms with Gasteiger partial charge in [0.1, 0.15) is 5.65 Å². The van der Waals surface area contributed by atoms with Crippen LogP contribution in [0.25, 0.3) is 21.8 Å². The Hall–Kier alpha value is -4.53. The van der Waals surface area contributed by atoms with Crippen molar-refractivity contribution in [2.75, 3.05) is 5.32 Å². The molecule has 0 spiro atoms. The summed E-state index contributed by atoms with van der Waals surface area (Å²) in [6, 6.07) is 18.3. The maximum atomic E-state index is 13.2. The summed E-state index contributed by atoms with van der Waals surface area (Å²) < 4.78 is 39.6. The number of fused-ring (bicyclic) bond motifs is 3. The van der Waals surface area contributed by atoms with Crippen molar-refractivity contribution in [3.63, 3.8) is 0 Å². The number of nitrogens with zero attached hydrogens (tertiary/aromatic N) is 2. The number of rotatable bonds is 5. The van der Waals surface area contributed by atoms with Crippen LogP contribution >= 0.6 is 0 Å². The summed E-state index contributed by atoms with van der Waals surface area (Å²) >= 11 is 0. The van der Waals surface area contributed by atoms with Gasteiger partial charge >= 0.3 is 6.18 Å². The Morgan fingerprint density at radius 1 is 0.886 bits per heavy atom. The fourth-order valence-corrected chi connectivity index (χ4v) is 4.01. The molecule has 2 N–H and O–H groups in total. The molecule has 3 aromatic heterocycles. The Labute approximate surface area is 196 Å². The largest absolute Gasteiger partial charge is 0.434 e. The van der Waals surface area contributed by atoms with Gasteiger partial charge in [-0.15, -0.1) is 0 Å². The minimum atomic E-state index is -4.71. The lowest BCUT2D eigenvalue weighted by atomic mass is 10.0. The molecule has 35 heavy (non-hydrogen) atoms. The fourth-order valence-electron chi connectivity index (χ4n) is 4.01. The molecule has 9 heteroatoms. The number of aromatic amines is 1. The van der Waals surface area contributed by atoms with E-state index in [4.69, 9.17) is 0 Å². The number of halogens is 3. The third-order valence-corrected chi connectivity index (χ3v) is 5.60. The number of H-pyrrole nitrogens is 1. The third kappa shape index (κ3) is 4.35. The second-order valence-electron chi connectivity index (χ2n) is 7.90. The highest BCUT2D eigenvalue weighted by Crippen LogP contribution is 2.31. The van der Waals surface area contributed by atoms with E-state index in [1.165, 1.54) is 6.07 Å². The van der Waals surface area contributed by atoms with Gasteiger partial charge in [-0.1, -0.05) is 30.3 Å². The van der Waals surface area contributed by atoms with Gasteiger partial charge in [0.25, 0.3) is 5.56 Å². The molecule has 5 aromatic rings. The molecule has 0 amide bonds. The summed E-state index contributed by atoms with van der Waals surface area (Å²) in [7, 11) is 0. The molecule has 3 heterocycles. The van der Waals surface area contributed by atoms with Gasteiger partial charge in [0.2, 0.25) is 0 Å². The number of hydrogen-bond acceptors (Lipinski definition) is 5. The van der Waals surface area contributed by atoms with Crippen LogP contribution < -0.4 is 10.9 Å². The molecular weight excluding hydrogens is 457 g/mol. The zero-order valence-corrected chi connectivity index (χ0v) is 18.1. The average Bonchev–Trinajstić information content (AvgIpc) is 2.85. The number of ketones is 1. The molecule has 174 valence electrons. The van der Waals surface area contributed by atoms with Crippen molar-refractivity contribution in [1.82, 2.24) is 15.0 Å². The summed E-state index contributed by atoms with van der Waals surface area (Å²) in [6.45, 7) is 0. The number of anilines is 2. The van der Waals surface area contributed by atoms with Crippen LogP contribution in [0.5, 0.6) is 0 Å². The number of carbonyl (C=O) groups is 1. The van der Waals surface area contributed by atoms with E-state index in [9.17, 15) is 22.8 Å². The van der Waals surface area contributed by atoms with Gasteiger partial charge in [-0.05, 0) is 42.0 Å². The lowest BCUT2D eigenvalue weighted by molar-refractivity contribution is -0.141. The summed E-state index contributed by atoms with van der Waals surface area (Å²) in [6.07, 6.45) is -2.31. The Bertz CT molecular complexity index is 1630. The first kappa shape index (κ1) is 22.3.